The lowest BCUT2D eigenvalue weighted by Crippen LogP contribution is -1.94. The summed E-state index contributed by atoms with van der Waals surface area (Å²) < 4.78 is 7.21. The van der Waals surface area contributed by atoms with Crippen LogP contribution in [-0.4, -0.2) is 13.7 Å². The minimum absolute atomic E-state index is 1.17. The molecule has 3 heterocycles. The second kappa shape index (κ2) is 26.1. The second-order valence-electron chi connectivity index (χ2n) is 29.3. The van der Waals surface area contributed by atoms with Gasteiger partial charge in [-0.05, 0) is 221 Å². The Bertz CT molecular complexity index is 7560. The van der Waals surface area contributed by atoms with Gasteiger partial charge < -0.3 is 13.7 Å². The molecule has 24 aromatic rings. The lowest BCUT2D eigenvalue weighted by Gasteiger charge is -2.14. The standard InChI is InChI=1S/C42H27N.C36H23N.C30H19N/c1-3-11-28(12-4-1)30-19-23-41-39(25-30)40-26-31(29-13-5-2-6-14-29)20-24-42(40)43(41)32-21-22-37-35-17-8-7-15-33(35)34-16-9-10-18-36(34)38(37)27-32;1-2-11-29-27(9-1)28-10-3-4-12-30(28)34-23-25(19-22-31(29)34)24-17-20-26(21-18-24)37-35-15-7-5-13-32(35)33-14-6-8-16-36(33)37;1-2-11-23-21(9-1)22-10-3-4-12-24(22)28-19-20(17-18-25(23)28)31-29-15-7-5-13-26(29)27-14-6-8-16-30(27)31/h1-27H;1-23H;1-19H. The lowest BCUT2D eigenvalue weighted by atomic mass is 9.92. The van der Waals surface area contributed by atoms with Crippen molar-refractivity contribution >= 4 is 162 Å². The fourth-order valence-corrected chi connectivity index (χ4v) is 18.3. The summed E-state index contributed by atoms with van der Waals surface area (Å²) in [6.45, 7) is 0. The Labute approximate surface area is 640 Å². The van der Waals surface area contributed by atoms with Crippen molar-refractivity contribution in [2.75, 3.05) is 0 Å². The maximum atomic E-state index is 2.44. The van der Waals surface area contributed by atoms with Gasteiger partial charge in [-0.3, -0.25) is 0 Å². The Morgan fingerprint density at radius 1 is 0.0991 bits per heavy atom. The molecule has 3 aromatic heterocycles. The fraction of sp³-hybridized carbons (Fsp3) is 0. The monoisotopic (exact) mass is 1410 g/mol. The first kappa shape index (κ1) is 63.6. The van der Waals surface area contributed by atoms with Crippen molar-refractivity contribution in [3.63, 3.8) is 0 Å². The van der Waals surface area contributed by atoms with Gasteiger partial charge in [0.05, 0.1) is 33.1 Å². The van der Waals surface area contributed by atoms with Crippen LogP contribution in [0.25, 0.3) is 213 Å². The summed E-state index contributed by atoms with van der Waals surface area (Å²) in [6.07, 6.45) is 0. The molecule has 3 nitrogen and oxygen atoms in total. The number of para-hydroxylation sites is 4. The van der Waals surface area contributed by atoms with Crippen molar-refractivity contribution < 1.29 is 0 Å². The van der Waals surface area contributed by atoms with Crippen LogP contribution in [-0.2, 0) is 0 Å². The van der Waals surface area contributed by atoms with Crippen molar-refractivity contribution in [1.82, 2.24) is 13.7 Å². The topological polar surface area (TPSA) is 14.8 Å². The number of rotatable bonds is 6. The molecule has 0 N–H and O–H groups in total. The molecule has 0 atom stereocenters. The molecule has 24 rings (SSSR count). The zero-order valence-electron chi connectivity index (χ0n) is 60.7. The summed E-state index contributed by atoms with van der Waals surface area (Å²) in [5.74, 6) is 0. The lowest BCUT2D eigenvalue weighted by molar-refractivity contribution is 1.18. The van der Waals surface area contributed by atoms with E-state index in [-0.39, 0.29) is 0 Å². The van der Waals surface area contributed by atoms with Crippen molar-refractivity contribution in [1.29, 1.82) is 0 Å². The van der Waals surface area contributed by atoms with E-state index >= 15 is 0 Å². The predicted molar refractivity (Wildman–Crippen MR) is 476 cm³/mol. The largest absolute Gasteiger partial charge is 0.309 e. The molecule has 111 heavy (non-hydrogen) atoms. The summed E-state index contributed by atoms with van der Waals surface area (Å²) in [4.78, 5) is 0. The third-order valence-corrected chi connectivity index (χ3v) is 23.3. The van der Waals surface area contributed by atoms with Crippen molar-refractivity contribution in [2.24, 2.45) is 0 Å². The Morgan fingerprint density at radius 3 is 0.604 bits per heavy atom. The first-order chi connectivity index (χ1) is 55.1. The van der Waals surface area contributed by atoms with Gasteiger partial charge in [-0.15, -0.1) is 0 Å². The highest BCUT2D eigenvalue weighted by Gasteiger charge is 2.20. The summed E-state index contributed by atoms with van der Waals surface area (Å²) in [5, 5.41) is 31.1. The van der Waals surface area contributed by atoms with E-state index in [2.05, 4.69) is 432 Å². The van der Waals surface area contributed by atoms with E-state index in [4.69, 9.17) is 0 Å². The molecule has 0 bridgehead atoms. The van der Waals surface area contributed by atoms with E-state index in [0.717, 1.165) is 0 Å². The van der Waals surface area contributed by atoms with Crippen LogP contribution in [0.3, 0.4) is 0 Å². The SMILES string of the molecule is c1ccc(-c2ccc3c(c2)c2cc(-c4ccccc4)ccc2n3-c2ccc3c4ccccc4c4ccccc4c3c2)cc1.c1ccc2c(c1)c1ccccc1c1cc(-c3ccc(-n4c5ccccc5c5ccccc54)cc3)ccc21.c1ccc2c(c1)c1ccccc1c1cc(-n3c4ccccc4c4ccccc43)ccc21. The normalized spacial score (nSPS) is 11.8. The smallest absolute Gasteiger partial charge is 0.0541 e. The van der Waals surface area contributed by atoms with Gasteiger partial charge in [0.25, 0.3) is 0 Å². The number of hydrogen-bond acceptors (Lipinski definition) is 0. The highest BCUT2D eigenvalue weighted by Crippen LogP contribution is 2.44. The number of nitrogens with zero attached hydrogens (tertiary/aromatic N) is 3. The second-order valence-corrected chi connectivity index (χ2v) is 29.3. The molecule has 3 heteroatoms. The van der Waals surface area contributed by atoms with Gasteiger partial charge in [-0.1, -0.05) is 328 Å². The molecular formula is C108H69N3. The van der Waals surface area contributed by atoms with Crippen LogP contribution >= 0.6 is 0 Å². The number of fused-ring (bicyclic) bond motifs is 27. The van der Waals surface area contributed by atoms with Crippen LogP contribution in [0.4, 0.5) is 0 Å². The van der Waals surface area contributed by atoms with Crippen molar-refractivity contribution in [3.05, 3.63) is 419 Å². The van der Waals surface area contributed by atoms with Crippen LogP contribution in [0.1, 0.15) is 0 Å². The van der Waals surface area contributed by atoms with E-state index in [1.165, 1.54) is 213 Å². The van der Waals surface area contributed by atoms with Crippen LogP contribution in [0.5, 0.6) is 0 Å². The van der Waals surface area contributed by atoms with Gasteiger partial charge in [-0.2, -0.15) is 0 Å². The van der Waals surface area contributed by atoms with E-state index in [1.807, 2.05) is 0 Å². The highest BCUT2D eigenvalue weighted by atomic mass is 15.0. The molecule has 0 unspecified atom stereocenters. The molecule has 0 aliphatic rings. The highest BCUT2D eigenvalue weighted by molar-refractivity contribution is 6.29. The van der Waals surface area contributed by atoms with Gasteiger partial charge in [0.2, 0.25) is 0 Å². The molecule has 516 valence electrons. The first-order valence-corrected chi connectivity index (χ1v) is 38.4. The molecule has 21 aromatic carbocycles. The minimum Gasteiger partial charge on any atom is -0.309 e. The molecule has 0 aliphatic carbocycles. The van der Waals surface area contributed by atoms with Crippen LogP contribution in [0, 0.1) is 0 Å². The van der Waals surface area contributed by atoms with Gasteiger partial charge in [0.15, 0.2) is 0 Å². The first-order valence-electron chi connectivity index (χ1n) is 38.4. The summed E-state index contributed by atoms with van der Waals surface area (Å²) >= 11 is 0. The van der Waals surface area contributed by atoms with Gasteiger partial charge in [0, 0.05) is 49.4 Å². The van der Waals surface area contributed by atoms with Crippen molar-refractivity contribution in [3.8, 4) is 50.4 Å². The van der Waals surface area contributed by atoms with E-state index in [1.54, 1.807) is 0 Å². The molecular weight excluding hydrogens is 1340 g/mol. The van der Waals surface area contributed by atoms with Gasteiger partial charge >= 0.3 is 0 Å². The Kier molecular flexibility index (Phi) is 15.0. The maximum Gasteiger partial charge on any atom is 0.0541 e. The number of hydrogen-bond donors (Lipinski definition) is 0. The molecule has 0 saturated carbocycles. The molecule has 0 spiro atoms. The quantitative estimate of drug-likeness (QED) is 0.147. The average molecular weight is 1410 g/mol. The molecule has 0 fully saturated rings. The Balaban J connectivity index is 0.000000104. The van der Waals surface area contributed by atoms with E-state index < -0.39 is 0 Å². The molecule has 0 amide bonds. The summed E-state index contributed by atoms with van der Waals surface area (Å²) in [7, 11) is 0. The number of aromatic nitrogens is 3. The Hall–Kier alpha value is -14.6. The third kappa shape index (κ3) is 10.4. The summed E-state index contributed by atoms with van der Waals surface area (Å²) in [6, 6.07) is 152. The Morgan fingerprint density at radius 2 is 0.288 bits per heavy atom. The fourth-order valence-electron chi connectivity index (χ4n) is 18.3. The van der Waals surface area contributed by atoms with Crippen LogP contribution < -0.4 is 0 Å². The van der Waals surface area contributed by atoms with Crippen molar-refractivity contribution in [2.45, 2.75) is 0 Å². The zero-order chi connectivity index (χ0) is 73.0. The third-order valence-electron chi connectivity index (χ3n) is 23.3. The van der Waals surface area contributed by atoms with E-state index in [9.17, 15) is 0 Å². The van der Waals surface area contributed by atoms with Gasteiger partial charge in [-0.25, -0.2) is 0 Å². The van der Waals surface area contributed by atoms with Gasteiger partial charge in [0.1, 0.15) is 0 Å². The van der Waals surface area contributed by atoms with E-state index in [0.29, 0.717) is 0 Å². The van der Waals surface area contributed by atoms with Crippen LogP contribution in [0.2, 0.25) is 0 Å². The maximum absolute atomic E-state index is 2.44. The zero-order valence-corrected chi connectivity index (χ0v) is 60.7. The molecule has 0 saturated heterocycles. The summed E-state index contributed by atoms with van der Waals surface area (Å²) in [5.41, 5.74) is 18.3. The minimum atomic E-state index is 1.17. The van der Waals surface area contributed by atoms with Crippen LogP contribution in [0.15, 0.2) is 419 Å². The average Bonchev–Trinajstić information content (AvgIpc) is 1.64. The molecule has 0 aliphatic heterocycles. The number of benzene rings is 21. The predicted octanol–water partition coefficient (Wildman–Crippen LogP) is 29.7. The molecule has 0 radical (unpaired) electrons.